The molecule has 0 radical (unpaired) electrons. The van der Waals surface area contributed by atoms with Gasteiger partial charge in [-0.1, -0.05) is 71.6 Å². The third-order valence-electron chi connectivity index (χ3n) is 9.28. The van der Waals surface area contributed by atoms with Crippen molar-refractivity contribution in [1.82, 2.24) is 4.90 Å². The topological polar surface area (TPSA) is 135 Å². The molecule has 2 heterocycles. The predicted molar refractivity (Wildman–Crippen MR) is 140 cm³/mol. The van der Waals surface area contributed by atoms with Gasteiger partial charge in [-0.15, -0.1) is 0 Å². The van der Waals surface area contributed by atoms with Crippen LogP contribution in [0.2, 0.25) is 0 Å². The highest BCUT2D eigenvalue weighted by Gasteiger charge is 2.69. The second kappa shape index (κ2) is 13.1. The Kier molecular flexibility index (Phi) is 10.4. The van der Waals surface area contributed by atoms with Gasteiger partial charge < -0.3 is 15.7 Å². The first kappa shape index (κ1) is 29.5. The summed E-state index contributed by atoms with van der Waals surface area (Å²) in [4.78, 5) is 62.9. The van der Waals surface area contributed by atoms with Crippen LogP contribution in [-0.4, -0.2) is 58.4 Å². The van der Waals surface area contributed by atoms with Gasteiger partial charge in [0.15, 0.2) is 11.6 Å². The number of amides is 1. The van der Waals surface area contributed by atoms with E-state index in [0.29, 0.717) is 37.6 Å². The summed E-state index contributed by atoms with van der Waals surface area (Å²) in [6.45, 7) is 4.67. The number of carboxylic acid groups (broad SMARTS) is 1. The molecule has 2 aliphatic carbocycles. The molecule has 2 saturated heterocycles. The third-order valence-corrected chi connectivity index (χ3v) is 9.28. The van der Waals surface area contributed by atoms with Gasteiger partial charge >= 0.3 is 0 Å². The molecule has 8 nitrogen and oxygen atoms in total. The third kappa shape index (κ3) is 7.49. The molecule has 2 aliphatic heterocycles. The van der Waals surface area contributed by atoms with E-state index in [-0.39, 0.29) is 47.5 Å². The van der Waals surface area contributed by atoms with Gasteiger partial charge in [-0.05, 0) is 42.4 Å². The minimum atomic E-state index is -0.565. The van der Waals surface area contributed by atoms with E-state index in [4.69, 9.17) is 15.6 Å². The quantitative estimate of drug-likeness (QED) is 0.416. The highest BCUT2D eigenvalue weighted by atomic mass is 16.3. The molecular formula is C29H46N2O6. The number of fused-ring (bicyclic) bond motifs is 3. The zero-order chi connectivity index (χ0) is 27.2. The van der Waals surface area contributed by atoms with Gasteiger partial charge in [0, 0.05) is 25.3 Å². The van der Waals surface area contributed by atoms with Crippen LogP contribution in [-0.2, 0) is 24.0 Å². The summed E-state index contributed by atoms with van der Waals surface area (Å²) >= 11 is 0. The van der Waals surface area contributed by atoms with Crippen molar-refractivity contribution in [2.45, 2.75) is 116 Å². The van der Waals surface area contributed by atoms with Crippen molar-refractivity contribution in [3.8, 4) is 0 Å². The second-order valence-corrected chi connectivity index (χ2v) is 12.3. The Morgan fingerprint density at radius 3 is 2.16 bits per heavy atom. The summed E-state index contributed by atoms with van der Waals surface area (Å²) in [5, 5.41) is 6.89. The lowest BCUT2D eigenvalue weighted by Crippen LogP contribution is -2.52. The molecule has 4 rings (SSSR count). The lowest BCUT2D eigenvalue weighted by molar-refractivity contribution is -0.143. The lowest BCUT2D eigenvalue weighted by atomic mass is 9.85. The van der Waals surface area contributed by atoms with Crippen LogP contribution in [0.1, 0.15) is 104 Å². The number of hydrogen-bond donors (Lipinski definition) is 2. The number of nitrogens with two attached hydrogens (primary N) is 1. The molecule has 0 aromatic rings. The maximum Gasteiger partial charge on any atom is 0.290 e. The summed E-state index contributed by atoms with van der Waals surface area (Å²) < 4.78 is 0. The minimum Gasteiger partial charge on any atom is -0.483 e. The molecule has 0 spiro atoms. The Morgan fingerprint density at radius 1 is 1.00 bits per heavy atom. The van der Waals surface area contributed by atoms with Crippen molar-refractivity contribution < 1.29 is 29.1 Å². The number of carbonyl (C=O) groups excluding carboxylic acids is 4. The van der Waals surface area contributed by atoms with Crippen molar-refractivity contribution in [1.29, 1.82) is 0 Å². The summed E-state index contributed by atoms with van der Waals surface area (Å²) in [5.41, 5.74) is 6.32. The highest BCUT2D eigenvalue weighted by molar-refractivity contribution is 6.38. The molecule has 0 unspecified atom stereocenters. The molecule has 0 aromatic heterocycles. The number of nitrogens with zero attached hydrogens (tertiary/aromatic N) is 1. The van der Waals surface area contributed by atoms with Crippen molar-refractivity contribution in [3.63, 3.8) is 0 Å². The maximum atomic E-state index is 13.7. The van der Waals surface area contributed by atoms with Crippen molar-refractivity contribution in [2.24, 2.45) is 34.8 Å². The molecule has 208 valence electrons. The van der Waals surface area contributed by atoms with Crippen LogP contribution in [0.5, 0.6) is 0 Å². The maximum absolute atomic E-state index is 13.7. The molecule has 2 saturated carbocycles. The van der Waals surface area contributed by atoms with E-state index in [1.54, 1.807) is 4.90 Å². The molecular weight excluding hydrogens is 472 g/mol. The van der Waals surface area contributed by atoms with Crippen LogP contribution in [0, 0.1) is 29.1 Å². The van der Waals surface area contributed by atoms with Crippen molar-refractivity contribution in [2.75, 3.05) is 6.54 Å². The predicted octanol–water partition coefficient (Wildman–Crippen LogP) is 3.93. The summed E-state index contributed by atoms with van der Waals surface area (Å²) in [5.74, 6) is -0.300. The van der Waals surface area contributed by atoms with Gasteiger partial charge in [-0.3, -0.25) is 24.0 Å². The van der Waals surface area contributed by atoms with E-state index in [1.807, 2.05) is 0 Å². The van der Waals surface area contributed by atoms with Crippen LogP contribution < -0.4 is 5.73 Å². The molecule has 0 aromatic carbocycles. The average molecular weight is 519 g/mol. The standard InChI is InChI=1S/C28H44N2O4.CH2O2/c1-28(2)20-17-30-25(24(20)28)23(32)16-19(26(33)22(31)15-14-18-12-13-18)10-8-6-4-3-5-7-9-11-21(29)27(30)34;2-1-3/h18-21,24-25H,3-17,29H2,1-2H3;1H,(H,2,3)/t19-,20+,21+,24+,25-;/m1./s1. The Hall–Kier alpha value is -2.09. The zero-order valence-corrected chi connectivity index (χ0v) is 22.7. The number of piperidine rings is 1. The molecule has 4 aliphatic rings. The SMILES string of the molecule is CC1(C)[C@@H]2[C@H]3C(=O)C[C@H](C(=O)C(=O)CCC4CC4)CCCCCCCCC[C@H](N)C(=O)N3C[C@@H]21.O=CO. The molecule has 5 atom stereocenters. The largest absolute Gasteiger partial charge is 0.483 e. The number of ketones is 3. The van der Waals surface area contributed by atoms with Gasteiger partial charge in [0.25, 0.3) is 6.47 Å². The first-order valence-electron chi connectivity index (χ1n) is 14.4. The smallest absolute Gasteiger partial charge is 0.290 e. The van der Waals surface area contributed by atoms with Crippen LogP contribution in [0.3, 0.4) is 0 Å². The van der Waals surface area contributed by atoms with E-state index >= 15 is 0 Å². The Bertz CT molecular complexity index is 851. The van der Waals surface area contributed by atoms with Crippen LogP contribution >= 0.6 is 0 Å². The minimum absolute atomic E-state index is 0.0294. The van der Waals surface area contributed by atoms with Crippen molar-refractivity contribution in [3.05, 3.63) is 0 Å². The van der Waals surface area contributed by atoms with Gasteiger partial charge in [0.2, 0.25) is 11.7 Å². The Labute approximate surface area is 221 Å². The molecule has 1 amide bonds. The van der Waals surface area contributed by atoms with Gasteiger partial charge in [0.1, 0.15) is 0 Å². The summed E-state index contributed by atoms with van der Waals surface area (Å²) in [6, 6.07) is -1.06. The molecule has 0 bridgehead atoms. The second-order valence-electron chi connectivity index (χ2n) is 12.3. The van der Waals surface area contributed by atoms with Crippen LogP contribution in [0.15, 0.2) is 0 Å². The normalized spacial score (nSPS) is 32.4. The van der Waals surface area contributed by atoms with E-state index in [1.165, 1.54) is 0 Å². The lowest BCUT2D eigenvalue weighted by Gasteiger charge is -2.32. The molecule has 37 heavy (non-hydrogen) atoms. The van der Waals surface area contributed by atoms with Crippen LogP contribution in [0.25, 0.3) is 0 Å². The van der Waals surface area contributed by atoms with E-state index in [2.05, 4.69) is 13.8 Å². The average Bonchev–Trinajstić information content (AvgIpc) is 3.72. The fourth-order valence-electron chi connectivity index (χ4n) is 6.64. The Balaban J connectivity index is 0.00000121. The molecule has 4 fully saturated rings. The van der Waals surface area contributed by atoms with Gasteiger partial charge in [0.05, 0.1) is 12.1 Å². The number of Topliss-reactive ketones (excluding diaryl/α,β-unsaturated/α-hetero) is 3. The fraction of sp³-hybridized carbons (Fsp3) is 0.828. The first-order valence-corrected chi connectivity index (χ1v) is 14.4. The zero-order valence-electron chi connectivity index (χ0n) is 22.7. The first-order chi connectivity index (χ1) is 17.6. The van der Waals surface area contributed by atoms with Gasteiger partial charge in [-0.2, -0.15) is 0 Å². The number of carbonyl (C=O) groups is 5. The van der Waals surface area contributed by atoms with Gasteiger partial charge in [-0.25, -0.2) is 0 Å². The highest BCUT2D eigenvalue weighted by Crippen LogP contribution is 2.65. The Morgan fingerprint density at radius 2 is 1.57 bits per heavy atom. The number of rotatable bonds is 5. The molecule has 3 N–H and O–H groups in total. The monoisotopic (exact) mass is 518 g/mol. The summed E-state index contributed by atoms with van der Waals surface area (Å²) in [7, 11) is 0. The van der Waals surface area contributed by atoms with E-state index < -0.39 is 18.0 Å². The number of hydrogen-bond acceptors (Lipinski definition) is 6. The van der Waals surface area contributed by atoms with Crippen molar-refractivity contribution >= 4 is 29.7 Å². The molecule has 8 heteroatoms. The summed E-state index contributed by atoms with van der Waals surface area (Å²) in [6.07, 6.45) is 12.0. The van der Waals surface area contributed by atoms with Crippen LogP contribution in [0.4, 0.5) is 0 Å². The van der Waals surface area contributed by atoms with E-state index in [0.717, 1.165) is 64.2 Å². The fourth-order valence-corrected chi connectivity index (χ4v) is 6.64. The van der Waals surface area contributed by atoms with E-state index in [9.17, 15) is 19.2 Å².